The summed E-state index contributed by atoms with van der Waals surface area (Å²) in [6.45, 7) is 4.68. The van der Waals surface area contributed by atoms with E-state index in [4.69, 9.17) is 4.74 Å². The molecule has 162 valence electrons. The first-order valence-electron chi connectivity index (χ1n) is 10.9. The van der Waals surface area contributed by atoms with Crippen molar-refractivity contribution in [2.75, 3.05) is 19.7 Å². The quantitative estimate of drug-likeness (QED) is 0.537. The molecule has 1 atom stereocenters. The zero-order chi connectivity index (χ0) is 22.1. The summed E-state index contributed by atoms with van der Waals surface area (Å²) in [6.07, 6.45) is 1.22. The molecule has 0 aromatic heterocycles. The van der Waals surface area contributed by atoms with Gasteiger partial charge >= 0.3 is 0 Å². The second-order valence-corrected chi connectivity index (χ2v) is 7.41. The Kier molecular flexibility index (Phi) is 8.05. The molecule has 5 nitrogen and oxygen atoms in total. The maximum atomic E-state index is 13.2. The maximum Gasteiger partial charge on any atom is 0.261 e. The van der Waals surface area contributed by atoms with E-state index in [1.807, 2.05) is 86.6 Å². The van der Waals surface area contributed by atoms with Gasteiger partial charge in [-0.25, -0.2) is 0 Å². The minimum Gasteiger partial charge on any atom is -0.483 e. The predicted octanol–water partition coefficient (Wildman–Crippen LogP) is 4.20. The van der Waals surface area contributed by atoms with Crippen molar-refractivity contribution in [2.45, 2.75) is 32.7 Å². The van der Waals surface area contributed by atoms with Gasteiger partial charge in [-0.15, -0.1) is 0 Å². The third-order valence-corrected chi connectivity index (χ3v) is 5.32. The Morgan fingerprint density at radius 1 is 0.935 bits per heavy atom. The molecule has 5 heteroatoms. The summed E-state index contributed by atoms with van der Waals surface area (Å²) < 4.78 is 5.93. The van der Waals surface area contributed by atoms with Crippen molar-refractivity contribution >= 4 is 22.6 Å². The molecule has 0 bridgehead atoms. The van der Waals surface area contributed by atoms with Gasteiger partial charge in [0, 0.05) is 18.5 Å². The van der Waals surface area contributed by atoms with E-state index in [1.54, 1.807) is 4.90 Å². The van der Waals surface area contributed by atoms with Crippen LogP contribution in [0.4, 0.5) is 0 Å². The van der Waals surface area contributed by atoms with Gasteiger partial charge in [-0.1, -0.05) is 73.7 Å². The third kappa shape index (κ3) is 5.85. The van der Waals surface area contributed by atoms with Crippen LogP contribution in [0.1, 0.15) is 25.8 Å². The van der Waals surface area contributed by atoms with Crippen LogP contribution in [0.25, 0.3) is 10.8 Å². The number of nitrogens with one attached hydrogen (secondary N) is 1. The van der Waals surface area contributed by atoms with E-state index in [1.165, 1.54) is 0 Å². The smallest absolute Gasteiger partial charge is 0.261 e. The Morgan fingerprint density at radius 3 is 2.39 bits per heavy atom. The first kappa shape index (κ1) is 22.3. The van der Waals surface area contributed by atoms with Crippen LogP contribution < -0.4 is 10.1 Å². The first-order valence-corrected chi connectivity index (χ1v) is 10.9. The highest BCUT2D eigenvalue weighted by molar-refractivity contribution is 5.90. The average Bonchev–Trinajstić information content (AvgIpc) is 2.81. The summed E-state index contributed by atoms with van der Waals surface area (Å²) >= 11 is 0. The van der Waals surface area contributed by atoms with E-state index in [-0.39, 0.29) is 18.4 Å². The number of likely N-dealkylation sites (N-methyl/N-ethyl adjacent to an activating group) is 1. The van der Waals surface area contributed by atoms with Gasteiger partial charge < -0.3 is 15.0 Å². The molecule has 0 aliphatic rings. The van der Waals surface area contributed by atoms with Crippen molar-refractivity contribution in [2.24, 2.45) is 0 Å². The Labute approximate surface area is 184 Å². The van der Waals surface area contributed by atoms with E-state index in [9.17, 15) is 9.59 Å². The summed E-state index contributed by atoms with van der Waals surface area (Å²) in [5, 5.41) is 4.87. The van der Waals surface area contributed by atoms with Gasteiger partial charge in [0.15, 0.2) is 6.61 Å². The molecule has 31 heavy (non-hydrogen) atoms. The van der Waals surface area contributed by atoms with Gasteiger partial charge in [0.1, 0.15) is 11.8 Å². The van der Waals surface area contributed by atoms with Gasteiger partial charge in [-0.3, -0.25) is 9.59 Å². The SMILES string of the molecule is CCNC(=O)[C@H](CC)N(CCc1ccccc1)C(=O)COc1cccc2ccccc12. The topological polar surface area (TPSA) is 58.6 Å². The summed E-state index contributed by atoms with van der Waals surface area (Å²) in [6, 6.07) is 23.2. The molecular weight excluding hydrogens is 388 g/mol. The normalized spacial score (nSPS) is 11.7. The van der Waals surface area contributed by atoms with Crippen molar-refractivity contribution in [3.63, 3.8) is 0 Å². The number of hydrogen-bond donors (Lipinski definition) is 1. The van der Waals surface area contributed by atoms with Crippen molar-refractivity contribution in [1.29, 1.82) is 0 Å². The highest BCUT2D eigenvalue weighted by Gasteiger charge is 2.28. The molecule has 3 aromatic carbocycles. The van der Waals surface area contributed by atoms with Crippen molar-refractivity contribution < 1.29 is 14.3 Å². The molecule has 1 N–H and O–H groups in total. The fourth-order valence-corrected chi connectivity index (χ4v) is 3.73. The number of nitrogens with zero attached hydrogens (tertiary/aromatic N) is 1. The molecule has 0 spiro atoms. The monoisotopic (exact) mass is 418 g/mol. The van der Waals surface area contributed by atoms with E-state index in [2.05, 4.69) is 5.32 Å². The van der Waals surface area contributed by atoms with Crippen LogP contribution in [0.15, 0.2) is 72.8 Å². The number of ether oxygens (including phenoxy) is 1. The summed E-state index contributed by atoms with van der Waals surface area (Å²) in [4.78, 5) is 27.5. The molecule has 0 saturated carbocycles. The molecule has 2 amide bonds. The average molecular weight is 419 g/mol. The Bertz CT molecular complexity index is 998. The largest absolute Gasteiger partial charge is 0.483 e. The highest BCUT2D eigenvalue weighted by Crippen LogP contribution is 2.25. The zero-order valence-corrected chi connectivity index (χ0v) is 18.2. The van der Waals surface area contributed by atoms with Gasteiger partial charge in [0.05, 0.1) is 0 Å². The number of hydrogen-bond acceptors (Lipinski definition) is 3. The van der Waals surface area contributed by atoms with Crippen LogP contribution in [-0.4, -0.2) is 42.5 Å². The van der Waals surface area contributed by atoms with E-state index in [0.717, 1.165) is 16.3 Å². The number of carbonyl (C=O) groups is 2. The predicted molar refractivity (Wildman–Crippen MR) is 124 cm³/mol. The number of amides is 2. The van der Waals surface area contributed by atoms with Crippen LogP contribution >= 0.6 is 0 Å². The second kappa shape index (κ2) is 11.2. The lowest BCUT2D eigenvalue weighted by atomic mass is 10.1. The minimum absolute atomic E-state index is 0.112. The van der Waals surface area contributed by atoms with Crippen LogP contribution in [0.2, 0.25) is 0 Å². The highest BCUT2D eigenvalue weighted by atomic mass is 16.5. The van der Waals surface area contributed by atoms with E-state index < -0.39 is 6.04 Å². The van der Waals surface area contributed by atoms with E-state index in [0.29, 0.717) is 31.7 Å². The number of fused-ring (bicyclic) bond motifs is 1. The fourth-order valence-electron chi connectivity index (χ4n) is 3.73. The molecule has 0 aliphatic heterocycles. The number of carbonyl (C=O) groups excluding carboxylic acids is 2. The van der Waals surface area contributed by atoms with E-state index >= 15 is 0 Å². The Hall–Kier alpha value is -3.34. The summed E-state index contributed by atoms with van der Waals surface area (Å²) in [7, 11) is 0. The van der Waals surface area contributed by atoms with Crippen LogP contribution in [0.5, 0.6) is 5.75 Å². The lowest BCUT2D eigenvalue weighted by Gasteiger charge is -2.30. The Balaban J connectivity index is 1.76. The van der Waals surface area contributed by atoms with Gasteiger partial charge in [-0.2, -0.15) is 0 Å². The first-order chi connectivity index (χ1) is 15.1. The molecule has 0 aliphatic carbocycles. The van der Waals surface area contributed by atoms with Gasteiger partial charge in [0.25, 0.3) is 5.91 Å². The van der Waals surface area contributed by atoms with Crippen LogP contribution in [0.3, 0.4) is 0 Å². The number of benzene rings is 3. The maximum absolute atomic E-state index is 13.2. The van der Waals surface area contributed by atoms with Gasteiger partial charge in [-0.05, 0) is 36.8 Å². The molecular formula is C26H30N2O3. The van der Waals surface area contributed by atoms with Crippen molar-refractivity contribution in [3.05, 3.63) is 78.4 Å². The minimum atomic E-state index is -0.521. The molecule has 0 saturated heterocycles. The van der Waals surface area contributed by atoms with Crippen molar-refractivity contribution in [3.8, 4) is 5.75 Å². The zero-order valence-electron chi connectivity index (χ0n) is 18.2. The summed E-state index contributed by atoms with van der Waals surface area (Å²) in [5.74, 6) is 0.346. The second-order valence-electron chi connectivity index (χ2n) is 7.41. The molecule has 0 heterocycles. The molecule has 3 rings (SSSR count). The van der Waals surface area contributed by atoms with Gasteiger partial charge in [0.2, 0.25) is 5.91 Å². The number of rotatable bonds is 10. The molecule has 0 radical (unpaired) electrons. The molecule has 0 fully saturated rings. The summed E-state index contributed by atoms with van der Waals surface area (Å²) in [5.41, 5.74) is 1.13. The van der Waals surface area contributed by atoms with Crippen molar-refractivity contribution in [1.82, 2.24) is 10.2 Å². The molecule has 3 aromatic rings. The van der Waals surface area contributed by atoms with Crippen LogP contribution in [0, 0.1) is 0 Å². The Morgan fingerprint density at radius 2 is 1.65 bits per heavy atom. The van der Waals surface area contributed by atoms with Crippen LogP contribution in [-0.2, 0) is 16.0 Å². The lowest BCUT2D eigenvalue weighted by Crippen LogP contribution is -2.51. The standard InChI is InChI=1S/C26H30N2O3/c1-3-23(26(30)27-4-2)28(18-17-20-11-6-5-7-12-20)25(29)19-31-24-16-10-14-21-13-8-9-15-22(21)24/h5-16,23H,3-4,17-19H2,1-2H3,(H,27,30)/t23-/m0/s1. The lowest BCUT2D eigenvalue weighted by molar-refractivity contribution is -0.142. The fraction of sp³-hybridized carbons (Fsp3) is 0.308. The third-order valence-electron chi connectivity index (χ3n) is 5.32. The molecule has 0 unspecified atom stereocenters.